The number of carbonyl (C=O) groups excluding carboxylic acids is 2. The molecule has 2 aromatic rings. The molecule has 8 heteroatoms. The average molecular weight is 455 g/mol. The lowest BCUT2D eigenvalue weighted by Crippen LogP contribution is -2.35. The Balaban J connectivity index is 1.83. The minimum Gasteiger partial charge on any atom is -0.497 e. The van der Waals surface area contributed by atoms with Crippen LogP contribution in [0.3, 0.4) is 0 Å². The molecule has 1 saturated heterocycles. The summed E-state index contributed by atoms with van der Waals surface area (Å²) in [5.74, 6) is 1.12. The van der Waals surface area contributed by atoms with Crippen molar-refractivity contribution >= 4 is 29.0 Å². The Morgan fingerprint density at radius 3 is 2.06 bits per heavy atom. The Hall–Kier alpha value is -3.42. The van der Waals surface area contributed by atoms with Crippen molar-refractivity contribution in [3.8, 4) is 11.5 Å². The lowest BCUT2D eigenvalue weighted by atomic mass is 10.1. The number of amides is 3. The van der Waals surface area contributed by atoms with Crippen molar-refractivity contribution in [2.24, 2.45) is 0 Å². The van der Waals surface area contributed by atoms with Gasteiger partial charge >= 0.3 is 6.03 Å². The summed E-state index contributed by atoms with van der Waals surface area (Å²) in [6, 6.07) is 10.3. The molecule has 0 saturated carbocycles. The van der Waals surface area contributed by atoms with Crippen LogP contribution in [-0.2, 0) is 0 Å². The van der Waals surface area contributed by atoms with Gasteiger partial charge in [-0.05, 0) is 51.3 Å². The van der Waals surface area contributed by atoms with Crippen LogP contribution in [0.2, 0.25) is 0 Å². The fraction of sp³-hybridized carbons (Fsp3) is 0.440. The molecule has 33 heavy (non-hydrogen) atoms. The standard InChI is InChI=1S/C25H34N4O4/c1-5-28(6-2)24(30)22-16-18(10-11-23(22)29-12-8-7-9-13-29)26-25(31)27-19-14-20(32-3)17-21(15-19)33-4/h10-11,14-17H,5-9,12-13H2,1-4H3,(H2,26,27,31). The Labute approximate surface area is 195 Å². The Bertz CT molecular complexity index is 947. The maximum atomic E-state index is 13.3. The predicted octanol–water partition coefficient (Wildman–Crippen LogP) is 4.82. The van der Waals surface area contributed by atoms with Gasteiger partial charge in [-0.15, -0.1) is 0 Å². The number of nitrogens with one attached hydrogen (secondary N) is 2. The number of piperidine rings is 1. The zero-order chi connectivity index (χ0) is 23.8. The second-order valence-electron chi connectivity index (χ2n) is 7.94. The molecule has 0 atom stereocenters. The molecule has 0 bridgehead atoms. The third-order valence-corrected chi connectivity index (χ3v) is 5.84. The van der Waals surface area contributed by atoms with Crippen molar-refractivity contribution in [1.82, 2.24) is 4.90 Å². The van der Waals surface area contributed by atoms with E-state index in [4.69, 9.17) is 9.47 Å². The van der Waals surface area contributed by atoms with E-state index in [0.717, 1.165) is 31.6 Å². The van der Waals surface area contributed by atoms with Crippen LogP contribution in [-0.4, -0.2) is 57.2 Å². The van der Waals surface area contributed by atoms with Gasteiger partial charge in [-0.1, -0.05) is 0 Å². The van der Waals surface area contributed by atoms with E-state index >= 15 is 0 Å². The maximum Gasteiger partial charge on any atom is 0.323 e. The third kappa shape index (κ3) is 6.09. The number of anilines is 3. The topological polar surface area (TPSA) is 83.1 Å². The van der Waals surface area contributed by atoms with Crippen molar-refractivity contribution in [2.75, 3.05) is 55.9 Å². The molecule has 1 heterocycles. The van der Waals surface area contributed by atoms with E-state index < -0.39 is 6.03 Å². The van der Waals surface area contributed by atoms with Crippen molar-refractivity contribution in [1.29, 1.82) is 0 Å². The van der Waals surface area contributed by atoms with E-state index in [1.54, 1.807) is 43.4 Å². The van der Waals surface area contributed by atoms with Crippen LogP contribution >= 0.6 is 0 Å². The Morgan fingerprint density at radius 2 is 1.48 bits per heavy atom. The van der Waals surface area contributed by atoms with Crippen LogP contribution in [0.25, 0.3) is 0 Å². The van der Waals surface area contributed by atoms with Gasteiger partial charge in [0.15, 0.2) is 0 Å². The summed E-state index contributed by atoms with van der Waals surface area (Å²) in [7, 11) is 3.11. The first-order chi connectivity index (χ1) is 16.0. The molecule has 1 fully saturated rings. The van der Waals surface area contributed by atoms with Gasteiger partial charge in [-0.3, -0.25) is 4.79 Å². The normalized spacial score (nSPS) is 13.3. The Morgan fingerprint density at radius 1 is 0.879 bits per heavy atom. The van der Waals surface area contributed by atoms with E-state index in [-0.39, 0.29) is 5.91 Å². The van der Waals surface area contributed by atoms with E-state index in [0.29, 0.717) is 41.5 Å². The number of benzene rings is 2. The molecular formula is C25H34N4O4. The monoisotopic (exact) mass is 454 g/mol. The molecule has 0 spiro atoms. The van der Waals surface area contributed by atoms with Gasteiger partial charge < -0.3 is 29.9 Å². The van der Waals surface area contributed by atoms with E-state index in [1.165, 1.54) is 6.42 Å². The summed E-state index contributed by atoms with van der Waals surface area (Å²) in [5, 5.41) is 5.64. The summed E-state index contributed by atoms with van der Waals surface area (Å²) in [4.78, 5) is 30.0. The number of ether oxygens (including phenoxy) is 2. The van der Waals surface area contributed by atoms with Crippen LogP contribution in [0.1, 0.15) is 43.5 Å². The van der Waals surface area contributed by atoms with Crippen LogP contribution in [0.4, 0.5) is 21.9 Å². The second kappa shape index (κ2) is 11.4. The second-order valence-corrected chi connectivity index (χ2v) is 7.94. The predicted molar refractivity (Wildman–Crippen MR) is 132 cm³/mol. The molecule has 178 valence electrons. The van der Waals surface area contributed by atoms with Crippen LogP contribution in [0, 0.1) is 0 Å². The lowest BCUT2D eigenvalue weighted by Gasteiger charge is -2.31. The summed E-state index contributed by atoms with van der Waals surface area (Å²) in [5.41, 5.74) is 2.63. The van der Waals surface area contributed by atoms with Crippen molar-refractivity contribution in [3.63, 3.8) is 0 Å². The van der Waals surface area contributed by atoms with Gasteiger partial charge in [0.2, 0.25) is 0 Å². The van der Waals surface area contributed by atoms with Crippen LogP contribution in [0.5, 0.6) is 11.5 Å². The van der Waals surface area contributed by atoms with Crippen molar-refractivity contribution in [3.05, 3.63) is 42.0 Å². The first-order valence-corrected chi connectivity index (χ1v) is 11.5. The minimum atomic E-state index is -0.419. The van der Waals surface area contributed by atoms with Gasteiger partial charge in [-0.2, -0.15) is 0 Å². The molecule has 1 aliphatic heterocycles. The van der Waals surface area contributed by atoms with Gasteiger partial charge in [0.1, 0.15) is 11.5 Å². The molecule has 0 unspecified atom stereocenters. The summed E-state index contributed by atoms with van der Waals surface area (Å²) in [6.45, 7) is 7.07. The summed E-state index contributed by atoms with van der Waals surface area (Å²) in [6.07, 6.45) is 3.45. The summed E-state index contributed by atoms with van der Waals surface area (Å²) < 4.78 is 10.5. The van der Waals surface area contributed by atoms with Crippen LogP contribution < -0.4 is 25.0 Å². The number of rotatable bonds is 8. The fourth-order valence-electron chi connectivity index (χ4n) is 4.05. The molecule has 1 aliphatic rings. The van der Waals surface area contributed by atoms with E-state index in [2.05, 4.69) is 15.5 Å². The SMILES string of the molecule is CCN(CC)C(=O)c1cc(NC(=O)Nc2cc(OC)cc(OC)c2)ccc1N1CCCCC1. The molecule has 2 N–H and O–H groups in total. The molecule has 0 aromatic heterocycles. The number of nitrogens with zero attached hydrogens (tertiary/aromatic N) is 2. The number of urea groups is 1. The molecule has 3 rings (SSSR count). The van der Waals surface area contributed by atoms with Crippen molar-refractivity contribution in [2.45, 2.75) is 33.1 Å². The van der Waals surface area contributed by atoms with Gasteiger partial charge in [-0.25, -0.2) is 4.79 Å². The average Bonchev–Trinajstić information content (AvgIpc) is 2.84. The third-order valence-electron chi connectivity index (χ3n) is 5.84. The molecule has 0 radical (unpaired) electrons. The van der Waals surface area contributed by atoms with Gasteiger partial charge in [0, 0.05) is 61.4 Å². The van der Waals surface area contributed by atoms with Gasteiger partial charge in [0.25, 0.3) is 5.91 Å². The zero-order valence-corrected chi connectivity index (χ0v) is 19.9. The van der Waals surface area contributed by atoms with Crippen molar-refractivity contribution < 1.29 is 19.1 Å². The van der Waals surface area contributed by atoms with Gasteiger partial charge in [0.05, 0.1) is 19.8 Å². The molecular weight excluding hydrogens is 420 g/mol. The number of hydrogen-bond acceptors (Lipinski definition) is 5. The Kier molecular flexibility index (Phi) is 8.40. The first kappa shape index (κ1) is 24.2. The number of hydrogen-bond donors (Lipinski definition) is 2. The largest absolute Gasteiger partial charge is 0.497 e. The molecule has 8 nitrogen and oxygen atoms in total. The highest BCUT2D eigenvalue weighted by Crippen LogP contribution is 2.29. The van der Waals surface area contributed by atoms with Crippen LogP contribution in [0.15, 0.2) is 36.4 Å². The quantitative estimate of drug-likeness (QED) is 0.598. The number of carbonyl (C=O) groups is 2. The highest BCUT2D eigenvalue weighted by atomic mass is 16.5. The lowest BCUT2D eigenvalue weighted by molar-refractivity contribution is 0.0773. The molecule has 3 amide bonds. The highest BCUT2D eigenvalue weighted by molar-refractivity contribution is 6.04. The van der Waals surface area contributed by atoms with E-state index in [9.17, 15) is 9.59 Å². The highest BCUT2D eigenvalue weighted by Gasteiger charge is 2.22. The van der Waals surface area contributed by atoms with E-state index in [1.807, 2.05) is 26.0 Å². The minimum absolute atomic E-state index is 0.0258. The number of methoxy groups -OCH3 is 2. The fourth-order valence-corrected chi connectivity index (χ4v) is 4.05. The molecule has 2 aromatic carbocycles. The first-order valence-electron chi connectivity index (χ1n) is 11.5. The maximum absolute atomic E-state index is 13.3. The smallest absolute Gasteiger partial charge is 0.323 e. The zero-order valence-electron chi connectivity index (χ0n) is 19.9. The molecule has 0 aliphatic carbocycles. The summed E-state index contributed by atoms with van der Waals surface area (Å²) >= 11 is 0.